The van der Waals surface area contributed by atoms with Crippen molar-refractivity contribution in [2.24, 2.45) is 17.0 Å². The molecule has 4 rings (SSSR count). The van der Waals surface area contributed by atoms with Crippen LogP contribution >= 0.6 is 0 Å². The standard InChI is InChI=1S/C17H20N2O4S/c1-11-2-4-12(5-3-11)16-14-8-19(9-15(14)23-18-16)17(20)13-6-7-24(21,22)10-13/h2-5,13-15H,6-10H2,1H3/t13-,14+,15-/m1/s1. The van der Waals surface area contributed by atoms with Gasteiger partial charge in [0.05, 0.1) is 35.6 Å². The van der Waals surface area contributed by atoms with E-state index >= 15 is 0 Å². The lowest BCUT2D eigenvalue weighted by Gasteiger charge is -2.20. The van der Waals surface area contributed by atoms with E-state index in [0.29, 0.717) is 19.5 Å². The van der Waals surface area contributed by atoms with Crippen molar-refractivity contribution in [2.45, 2.75) is 19.4 Å². The maximum atomic E-state index is 12.6. The molecule has 3 aliphatic heterocycles. The quantitative estimate of drug-likeness (QED) is 0.799. The molecule has 2 fully saturated rings. The van der Waals surface area contributed by atoms with E-state index in [4.69, 9.17) is 4.84 Å². The predicted molar refractivity (Wildman–Crippen MR) is 89.4 cm³/mol. The average Bonchev–Trinajstić information content (AvgIpc) is 3.21. The van der Waals surface area contributed by atoms with E-state index in [1.165, 1.54) is 5.56 Å². The van der Waals surface area contributed by atoms with Crippen LogP contribution in [0.2, 0.25) is 0 Å². The van der Waals surface area contributed by atoms with Crippen molar-refractivity contribution in [3.05, 3.63) is 35.4 Å². The zero-order chi connectivity index (χ0) is 16.9. The third-order valence-corrected chi connectivity index (χ3v) is 6.91. The number of nitrogens with zero attached hydrogens (tertiary/aromatic N) is 2. The smallest absolute Gasteiger partial charge is 0.226 e. The third-order valence-electron chi connectivity index (χ3n) is 5.14. The van der Waals surface area contributed by atoms with Crippen LogP contribution in [0.1, 0.15) is 17.5 Å². The van der Waals surface area contributed by atoms with Crippen LogP contribution in [0.4, 0.5) is 0 Å². The fourth-order valence-corrected chi connectivity index (χ4v) is 5.49. The molecule has 1 amide bonds. The number of likely N-dealkylation sites (tertiary alicyclic amines) is 1. The molecule has 1 aromatic carbocycles. The van der Waals surface area contributed by atoms with Crippen LogP contribution in [0.25, 0.3) is 0 Å². The first-order valence-corrected chi connectivity index (χ1v) is 10.0. The molecule has 3 aliphatic rings. The summed E-state index contributed by atoms with van der Waals surface area (Å²) >= 11 is 0. The summed E-state index contributed by atoms with van der Waals surface area (Å²) in [7, 11) is -3.05. The second kappa shape index (κ2) is 5.58. The molecule has 0 aromatic heterocycles. The number of sulfone groups is 1. The van der Waals surface area contributed by atoms with Gasteiger partial charge in [0.15, 0.2) is 15.9 Å². The number of aryl methyl sites for hydroxylation is 1. The molecule has 0 radical (unpaired) electrons. The van der Waals surface area contributed by atoms with Crippen LogP contribution in [0.3, 0.4) is 0 Å². The van der Waals surface area contributed by atoms with Gasteiger partial charge in [-0.2, -0.15) is 0 Å². The number of hydrogen-bond donors (Lipinski definition) is 0. The van der Waals surface area contributed by atoms with E-state index in [0.717, 1.165) is 11.3 Å². The van der Waals surface area contributed by atoms with Crippen molar-refractivity contribution < 1.29 is 18.0 Å². The van der Waals surface area contributed by atoms with Crippen LogP contribution in [0.15, 0.2) is 29.4 Å². The summed E-state index contributed by atoms with van der Waals surface area (Å²) in [4.78, 5) is 19.9. The van der Waals surface area contributed by atoms with Crippen molar-refractivity contribution in [2.75, 3.05) is 24.6 Å². The second-order valence-corrected chi connectivity index (χ2v) is 9.16. The van der Waals surface area contributed by atoms with Gasteiger partial charge in [0.25, 0.3) is 0 Å². The first kappa shape index (κ1) is 15.6. The molecule has 3 atom stereocenters. The number of hydrogen-bond acceptors (Lipinski definition) is 5. The number of rotatable bonds is 2. The third kappa shape index (κ3) is 2.70. The SMILES string of the molecule is Cc1ccc(C2=NO[C@@H]3CN(C(=O)[C@@H]4CCS(=O)(=O)C4)C[C@H]23)cc1. The van der Waals surface area contributed by atoms with Crippen LogP contribution in [0.5, 0.6) is 0 Å². The molecular weight excluding hydrogens is 328 g/mol. The summed E-state index contributed by atoms with van der Waals surface area (Å²) < 4.78 is 23.2. The van der Waals surface area contributed by atoms with E-state index in [2.05, 4.69) is 5.16 Å². The number of benzene rings is 1. The molecular formula is C17H20N2O4S. The minimum Gasteiger partial charge on any atom is -0.390 e. The molecule has 0 saturated carbocycles. The van der Waals surface area contributed by atoms with Crippen molar-refractivity contribution in [1.82, 2.24) is 4.90 Å². The summed E-state index contributed by atoms with van der Waals surface area (Å²) in [5.74, 6) is -0.283. The molecule has 0 spiro atoms. The minimum atomic E-state index is -3.05. The van der Waals surface area contributed by atoms with E-state index in [1.54, 1.807) is 4.90 Å². The molecule has 2 saturated heterocycles. The fraction of sp³-hybridized carbons (Fsp3) is 0.529. The lowest BCUT2D eigenvalue weighted by molar-refractivity contribution is -0.134. The zero-order valence-electron chi connectivity index (χ0n) is 13.5. The van der Waals surface area contributed by atoms with E-state index in [9.17, 15) is 13.2 Å². The molecule has 1 aromatic rings. The van der Waals surface area contributed by atoms with Crippen molar-refractivity contribution in [1.29, 1.82) is 0 Å². The molecule has 24 heavy (non-hydrogen) atoms. The van der Waals surface area contributed by atoms with Gasteiger partial charge in [-0.15, -0.1) is 0 Å². The Morgan fingerprint density at radius 2 is 2.00 bits per heavy atom. The maximum absolute atomic E-state index is 12.6. The van der Waals surface area contributed by atoms with Crippen molar-refractivity contribution in [3.63, 3.8) is 0 Å². The Labute approximate surface area is 141 Å². The largest absolute Gasteiger partial charge is 0.390 e. The number of oxime groups is 1. The Morgan fingerprint density at radius 3 is 2.67 bits per heavy atom. The highest BCUT2D eigenvalue weighted by Gasteiger charge is 2.46. The first-order chi connectivity index (χ1) is 11.4. The Morgan fingerprint density at radius 1 is 1.25 bits per heavy atom. The molecule has 0 aliphatic carbocycles. The van der Waals surface area contributed by atoms with Gasteiger partial charge >= 0.3 is 0 Å². The van der Waals surface area contributed by atoms with Crippen LogP contribution in [-0.4, -0.2) is 55.6 Å². The van der Waals surface area contributed by atoms with E-state index < -0.39 is 15.8 Å². The van der Waals surface area contributed by atoms with Gasteiger partial charge in [-0.05, 0) is 18.9 Å². The topological polar surface area (TPSA) is 76.0 Å². The number of fused-ring (bicyclic) bond motifs is 1. The van der Waals surface area contributed by atoms with Crippen LogP contribution in [-0.2, 0) is 19.5 Å². The Balaban J connectivity index is 1.47. The Hall–Kier alpha value is -1.89. The summed E-state index contributed by atoms with van der Waals surface area (Å²) in [5.41, 5.74) is 3.08. The molecule has 0 unspecified atom stereocenters. The van der Waals surface area contributed by atoms with Gasteiger partial charge < -0.3 is 9.74 Å². The Kier molecular flexibility index (Phi) is 3.63. The van der Waals surface area contributed by atoms with Gasteiger partial charge in [-0.25, -0.2) is 8.42 Å². The lowest BCUT2D eigenvalue weighted by Crippen LogP contribution is -2.36. The molecule has 128 valence electrons. The average molecular weight is 348 g/mol. The minimum absolute atomic E-state index is 0.0164. The van der Waals surface area contributed by atoms with Gasteiger partial charge in [0, 0.05) is 6.54 Å². The monoisotopic (exact) mass is 348 g/mol. The normalized spacial score (nSPS) is 30.8. The summed E-state index contributed by atoms with van der Waals surface area (Å²) in [5, 5.41) is 4.22. The summed E-state index contributed by atoms with van der Waals surface area (Å²) in [6.45, 7) is 3.07. The number of carbonyl (C=O) groups excluding carboxylic acids is 1. The number of amides is 1. The second-order valence-electron chi connectivity index (χ2n) is 6.94. The maximum Gasteiger partial charge on any atom is 0.226 e. The van der Waals surface area contributed by atoms with Gasteiger partial charge in [0.2, 0.25) is 5.91 Å². The van der Waals surface area contributed by atoms with E-state index in [1.807, 2.05) is 31.2 Å². The molecule has 0 bridgehead atoms. The highest BCUT2D eigenvalue weighted by Crippen LogP contribution is 2.32. The van der Waals surface area contributed by atoms with Crippen molar-refractivity contribution in [3.8, 4) is 0 Å². The summed E-state index contributed by atoms with van der Waals surface area (Å²) in [6.07, 6.45) is 0.315. The van der Waals surface area contributed by atoms with Gasteiger partial charge in [0.1, 0.15) is 0 Å². The van der Waals surface area contributed by atoms with Crippen LogP contribution in [0, 0.1) is 18.8 Å². The van der Waals surface area contributed by atoms with Gasteiger partial charge in [-0.1, -0.05) is 35.0 Å². The zero-order valence-corrected chi connectivity index (χ0v) is 14.3. The molecule has 0 N–H and O–H groups in total. The van der Waals surface area contributed by atoms with Gasteiger partial charge in [-0.3, -0.25) is 4.79 Å². The molecule has 6 nitrogen and oxygen atoms in total. The summed E-state index contributed by atoms with van der Waals surface area (Å²) in [6, 6.07) is 8.11. The van der Waals surface area contributed by atoms with E-state index in [-0.39, 0.29) is 29.4 Å². The van der Waals surface area contributed by atoms with Crippen molar-refractivity contribution >= 4 is 21.5 Å². The highest BCUT2D eigenvalue weighted by molar-refractivity contribution is 7.91. The molecule has 3 heterocycles. The molecule has 7 heteroatoms. The van der Waals surface area contributed by atoms with Crippen LogP contribution < -0.4 is 0 Å². The first-order valence-electron chi connectivity index (χ1n) is 8.23. The number of carbonyl (C=O) groups is 1. The lowest BCUT2D eigenvalue weighted by atomic mass is 9.94. The Bertz CT molecular complexity index is 800. The fourth-order valence-electron chi connectivity index (χ4n) is 3.75. The predicted octanol–water partition coefficient (Wildman–Crippen LogP) is 0.991. The highest BCUT2D eigenvalue weighted by atomic mass is 32.2.